The van der Waals surface area contributed by atoms with Crippen molar-refractivity contribution in [2.45, 2.75) is 44.9 Å². The summed E-state index contributed by atoms with van der Waals surface area (Å²) in [5.41, 5.74) is -0.445. The third kappa shape index (κ3) is 4.70. The number of amides is 1. The standard InChI is InChI=1S/C20H21F3N4O4/c1-3-13-10-16(25-18-8-6-14(11-24-18)27(29)30)15-9-12(20(21,22)23)5-7-17(15)26(13)19(28)31-4-2/h5-9,11,13,16H,3-4,10H2,1-2H3,(H,24,25)/t13-,16+/m1/s1. The molecule has 1 aromatic heterocycles. The molecule has 1 aromatic carbocycles. The fraction of sp³-hybridized carbons (Fsp3) is 0.400. The van der Waals surface area contributed by atoms with Gasteiger partial charge in [0.2, 0.25) is 0 Å². The minimum absolute atomic E-state index is 0.135. The van der Waals surface area contributed by atoms with Gasteiger partial charge in [0.1, 0.15) is 12.0 Å². The monoisotopic (exact) mass is 438 g/mol. The second-order valence-corrected chi connectivity index (χ2v) is 6.99. The topological polar surface area (TPSA) is 97.6 Å². The SMILES string of the molecule is CCOC(=O)N1c2ccc(C(F)(F)F)cc2[C@@H](Nc2ccc([N+](=O)[O-])cn2)C[C@H]1CC. The van der Waals surface area contributed by atoms with E-state index in [9.17, 15) is 28.1 Å². The zero-order valence-corrected chi connectivity index (χ0v) is 16.8. The highest BCUT2D eigenvalue weighted by Gasteiger charge is 2.39. The van der Waals surface area contributed by atoms with E-state index in [1.165, 1.54) is 23.1 Å². The van der Waals surface area contributed by atoms with Crippen molar-refractivity contribution in [3.05, 3.63) is 57.8 Å². The Labute approximate surface area is 176 Å². The Kier molecular flexibility index (Phi) is 6.32. The average molecular weight is 438 g/mol. The zero-order valence-electron chi connectivity index (χ0n) is 16.8. The second kappa shape index (κ2) is 8.78. The third-order valence-corrected chi connectivity index (χ3v) is 5.08. The Bertz CT molecular complexity index is 966. The van der Waals surface area contributed by atoms with Crippen molar-refractivity contribution >= 4 is 23.3 Å². The summed E-state index contributed by atoms with van der Waals surface area (Å²) in [7, 11) is 0. The van der Waals surface area contributed by atoms with E-state index in [0.29, 0.717) is 18.5 Å². The molecule has 1 aliphatic heterocycles. The van der Waals surface area contributed by atoms with Gasteiger partial charge < -0.3 is 10.1 Å². The lowest BCUT2D eigenvalue weighted by molar-refractivity contribution is -0.385. The molecule has 0 spiro atoms. The van der Waals surface area contributed by atoms with Gasteiger partial charge in [-0.05, 0) is 49.6 Å². The summed E-state index contributed by atoms with van der Waals surface area (Å²) in [4.78, 5) is 28.2. The largest absolute Gasteiger partial charge is 0.449 e. The van der Waals surface area contributed by atoms with Crippen molar-refractivity contribution < 1.29 is 27.6 Å². The number of halogens is 3. The molecule has 0 radical (unpaired) electrons. The molecule has 11 heteroatoms. The van der Waals surface area contributed by atoms with Crippen LogP contribution in [-0.4, -0.2) is 28.6 Å². The minimum Gasteiger partial charge on any atom is -0.449 e. The molecule has 0 fully saturated rings. The van der Waals surface area contributed by atoms with E-state index in [2.05, 4.69) is 10.3 Å². The van der Waals surface area contributed by atoms with E-state index in [0.717, 1.165) is 18.3 Å². The van der Waals surface area contributed by atoms with Gasteiger partial charge in [-0.3, -0.25) is 15.0 Å². The van der Waals surface area contributed by atoms with Crippen LogP contribution in [0.3, 0.4) is 0 Å². The quantitative estimate of drug-likeness (QED) is 0.502. The number of nitro groups is 1. The van der Waals surface area contributed by atoms with Crippen molar-refractivity contribution in [2.24, 2.45) is 0 Å². The Balaban J connectivity index is 2.04. The number of alkyl halides is 3. The number of pyridine rings is 1. The van der Waals surface area contributed by atoms with E-state index < -0.39 is 28.8 Å². The first-order valence-corrected chi connectivity index (χ1v) is 9.69. The maximum atomic E-state index is 13.3. The number of aromatic nitrogens is 1. The molecule has 31 heavy (non-hydrogen) atoms. The summed E-state index contributed by atoms with van der Waals surface area (Å²) in [5.74, 6) is 0.276. The molecule has 1 amide bonds. The van der Waals surface area contributed by atoms with Crippen molar-refractivity contribution in [2.75, 3.05) is 16.8 Å². The van der Waals surface area contributed by atoms with Gasteiger partial charge in [-0.1, -0.05) is 6.92 Å². The van der Waals surface area contributed by atoms with Crippen molar-refractivity contribution in [1.82, 2.24) is 4.98 Å². The maximum absolute atomic E-state index is 13.3. The molecule has 0 bridgehead atoms. The van der Waals surface area contributed by atoms with E-state index in [1.807, 2.05) is 6.92 Å². The number of hydrogen-bond donors (Lipinski definition) is 1. The molecule has 0 saturated carbocycles. The van der Waals surface area contributed by atoms with E-state index in [4.69, 9.17) is 4.74 Å². The fourth-order valence-electron chi connectivity index (χ4n) is 3.61. The molecule has 0 aliphatic carbocycles. The number of hydrogen-bond acceptors (Lipinski definition) is 6. The fourth-order valence-corrected chi connectivity index (χ4v) is 3.61. The molecule has 166 valence electrons. The number of nitrogens with zero attached hydrogens (tertiary/aromatic N) is 3. The van der Waals surface area contributed by atoms with Crippen LogP contribution in [0.4, 0.5) is 35.2 Å². The molecular formula is C20H21F3N4O4. The van der Waals surface area contributed by atoms with Crippen LogP contribution in [-0.2, 0) is 10.9 Å². The molecule has 2 heterocycles. The van der Waals surface area contributed by atoms with Crippen molar-refractivity contribution in [1.29, 1.82) is 0 Å². The summed E-state index contributed by atoms with van der Waals surface area (Å²) in [6.45, 7) is 3.66. The smallest absolute Gasteiger partial charge is 0.416 e. The molecule has 3 rings (SSSR count). The Morgan fingerprint density at radius 3 is 2.61 bits per heavy atom. The maximum Gasteiger partial charge on any atom is 0.416 e. The van der Waals surface area contributed by atoms with Crippen LogP contribution < -0.4 is 10.2 Å². The number of benzene rings is 1. The Morgan fingerprint density at radius 2 is 2.06 bits per heavy atom. The molecule has 0 unspecified atom stereocenters. The lowest BCUT2D eigenvalue weighted by Gasteiger charge is -2.40. The Hall–Kier alpha value is -3.37. The highest BCUT2D eigenvalue weighted by molar-refractivity contribution is 5.90. The molecule has 2 aromatic rings. The van der Waals surface area contributed by atoms with Gasteiger partial charge in [0.25, 0.3) is 5.69 Å². The van der Waals surface area contributed by atoms with Crippen LogP contribution in [0.5, 0.6) is 0 Å². The van der Waals surface area contributed by atoms with Crippen LogP contribution in [0.2, 0.25) is 0 Å². The van der Waals surface area contributed by atoms with Crippen LogP contribution in [0, 0.1) is 10.1 Å². The highest BCUT2D eigenvalue weighted by atomic mass is 19.4. The van der Waals surface area contributed by atoms with Gasteiger partial charge >= 0.3 is 12.3 Å². The summed E-state index contributed by atoms with van der Waals surface area (Å²) < 4.78 is 45.2. The predicted octanol–water partition coefficient (Wildman–Crippen LogP) is 5.31. The summed E-state index contributed by atoms with van der Waals surface area (Å²) in [5, 5.41) is 13.9. The molecule has 1 N–H and O–H groups in total. The van der Waals surface area contributed by atoms with E-state index in [1.54, 1.807) is 6.92 Å². The minimum atomic E-state index is -4.55. The first-order valence-electron chi connectivity index (χ1n) is 9.69. The lowest BCUT2D eigenvalue weighted by atomic mass is 9.88. The number of anilines is 2. The van der Waals surface area contributed by atoms with Gasteiger partial charge in [-0.15, -0.1) is 0 Å². The van der Waals surface area contributed by atoms with Crippen molar-refractivity contribution in [3.63, 3.8) is 0 Å². The number of rotatable bonds is 5. The van der Waals surface area contributed by atoms with Crippen LogP contribution in [0.15, 0.2) is 36.5 Å². The van der Waals surface area contributed by atoms with Gasteiger partial charge in [0, 0.05) is 12.1 Å². The third-order valence-electron chi connectivity index (χ3n) is 5.08. The van der Waals surface area contributed by atoms with Crippen LogP contribution >= 0.6 is 0 Å². The van der Waals surface area contributed by atoms with Crippen molar-refractivity contribution in [3.8, 4) is 0 Å². The summed E-state index contributed by atoms with van der Waals surface area (Å²) >= 11 is 0. The van der Waals surface area contributed by atoms with Crippen LogP contribution in [0.1, 0.15) is 43.9 Å². The number of ether oxygens (including phenoxy) is 1. The van der Waals surface area contributed by atoms with E-state index >= 15 is 0 Å². The van der Waals surface area contributed by atoms with E-state index in [-0.39, 0.29) is 29.7 Å². The molecule has 8 nitrogen and oxygen atoms in total. The van der Waals surface area contributed by atoms with Gasteiger partial charge in [0.05, 0.1) is 28.8 Å². The number of nitrogens with one attached hydrogen (secondary N) is 1. The molecular weight excluding hydrogens is 417 g/mol. The highest BCUT2D eigenvalue weighted by Crippen LogP contribution is 2.43. The molecule has 0 saturated heterocycles. The van der Waals surface area contributed by atoms with Gasteiger partial charge in [-0.25, -0.2) is 9.78 Å². The predicted molar refractivity (Wildman–Crippen MR) is 107 cm³/mol. The first kappa shape index (κ1) is 22.3. The lowest BCUT2D eigenvalue weighted by Crippen LogP contribution is -2.46. The first-order chi connectivity index (χ1) is 14.7. The summed E-state index contributed by atoms with van der Waals surface area (Å²) in [6, 6.07) is 4.95. The van der Waals surface area contributed by atoms with Gasteiger partial charge in [0.15, 0.2) is 0 Å². The molecule has 2 atom stereocenters. The number of fused-ring (bicyclic) bond motifs is 1. The number of carbonyl (C=O) groups excluding carboxylic acids is 1. The zero-order chi connectivity index (χ0) is 22.8. The second-order valence-electron chi connectivity index (χ2n) is 6.99. The normalized spacial score (nSPS) is 18.3. The van der Waals surface area contributed by atoms with Crippen LogP contribution in [0.25, 0.3) is 0 Å². The summed E-state index contributed by atoms with van der Waals surface area (Å²) in [6.07, 6.45) is -3.25. The Morgan fingerprint density at radius 1 is 1.32 bits per heavy atom. The number of carbonyl (C=O) groups is 1. The molecule has 1 aliphatic rings. The average Bonchev–Trinajstić information content (AvgIpc) is 2.72. The van der Waals surface area contributed by atoms with Gasteiger partial charge in [-0.2, -0.15) is 13.2 Å².